The molecule has 138 valence electrons. The standard InChI is InChI=1S/C20H20N4O3/c1-24-9-8-14-16(24)10-15(13-4-2-3-5-17(13)25)23-19(14)20(27)21-11-12-6-7-18(26)22-12/h2-5,8-10,12,25H,6-7,11H2,1H3,(H,21,27)(H,22,26). The third kappa shape index (κ3) is 3.23. The van der Waals surface area contributed by atoms with Gasteiger partial charge in [0.25, 0.3) is 5.91 Å². The Morgan fingerprint density at radius 2 is 2.19 bits per heavy atom. The molecule has 0 spiro atoms. The molecule has 0 saturated carbocycles. The Balaban J connectivity index is 1.69. The first-order valence-corrected chi connectivity index (χ1v) is 8.85. The lowest BCUT2D eigenvalue weighted by Gasteiger charge is -2.13. The van der Waals surface area contributed by atoms with E-state index in [1.165, 1.54) is 0 Å². The first-order valence-electron chi connectivity index (χ1n) is 8.85. The number of aromatic nitrogens is 2. The summed E-state index contributed by atoms with van der Waals surface area (Å²) in [6, 6.07) is 10.6. The number of hydrogen-bond acceptors (Lipinski definition) is 4. The third-order valence-electron chi connectivity index (χ3n) is 4.87. The summed E-state index contributed by atoms with van der Waals surface area (Å²) in [6.45, 7) is 0.362. The van der Waals surface area contributed by atoms with Crippen LogP contribution in [0.4, 0.5) is 0 Å². The number of fused-ring (bicyclic) bond motifs is 1. The molecule has 7 heteroatoms. The molecule has 27 heavy (non-hydrogen) atoms. The lowest BCUT2D eigenvalue weighted by Crippen LogP contribution is -2.38. The van der Waals surface area contributed by atoms with Gasteiger partial charge in [-0.15, -0.1) is 0 Å². The largest absolute Gasteiger partial charge is 0.507 e. The van der Waals surface area contributed by atoms with Crippen LogP contribution in [0.2, 0.25) is 0 Å². The van der Waals surface area contributed by atoms with E-state index in [2.05, 4.69) is 15.6 Å². The quantitative estimate of drug-likeness (QED) is 0.659. The van der Waals surface area contributed by atoms with Crippen LogP contribution in [-0.2, 0) is 11.8 Å². The zero-order valence-corrected chi connectivity index (χ0v) is 14.9. The molecule has 2 amide bonds. The van der Waals surface area contributed by atoms with Gasteiger partial charge < -0.3 is 20.3 Å². The summed E-state index contributed by atoms with van der Waals surface area (Å²) in [5.41, 5.74) is 2.25. The van der Waals surface area contributed by atoms with E-state index in [9.17, 15) is 14.7 Å². The zero-order valence-electron chi connectivity index (χ0n) is 14.9. The second-order valence-corrected chi connectivity index (χ2v) is 6.75. The molecule has 0 aliphatic carbocycles. The highest BCUT2D eigenvalue weighted by Crippen LogP contribution is 2.30. The first kappa shape index (κ1) is 17.1. The molecule has 1 aliphatic rings. The van der Waals surface area contributed by atoms with Gasteiger partial charge in [-0.1, -0.05) is 12.1 Å². The van der Waals surface area contributed by atoms with Crippen LogP contribution in [0.25, 0.3) is 22.2 Å². The molecule has 3 N–H and O–H groups in total. The molecule has 7 nitrogen and oxygen atoms in total. The van der Waals surface area contributed by atoms with Gasteiger partial charge in [0.05, 0.1) is 11.2 Å². The average Bonchev–Trinajstić information content (AvgIpc) is 3.25. The number of phenolic OH excluding ortho intramolecular Hbond substituents is 1. The molecule has 1 aliphatic heterocycles. The van der Waals surface area contributed by atoms with Gasteiger partial charge >= 0.3 is 0 Å². The van der Waals surface area contributed by atoms with Gasteiger partial charge in [-0.05, 0) is 30.7 Å². The number of nitrogens with one attached hydrogen (secondary N) is 2. The Bertz CT molecular complexity index is 1040. The SMILES string of the molecule is Cn1ccc2c(C(=O)NCC3CCC(=O)N3)nc(-c3ccccc3O)cc21. The maximum atomic E-state index is 12.8. The smallest absolute Gasteiger partial charge is 0.270 e. The van der Waals surface area contributed by atoms with E-state index in [-0.39, 0.29) is 23.6 Å². The molecular formula is C20H20N4O3. The lowest BCUT2D eigenvalue weighted by molar-refractivity contribution is -0.119. The van der Waals surface area contributed by atoms with E-state index in [0.717, 1.165) is 10.9 Å². The van der Waals surface area contributed by atoms with Crippen molar-refractivity contribution in [1.29, 1.82) is 0 Å². The lowest BCUT2D eigenvalue weighted by atomic mass is 10.1. The summed E-state index contributed by atoms with van der Waals surface area (Å²) < 4.78 is 1.91. The van der Waals surface area contributed by atoms with E-state index < -0.39 is 0 Å². The van der Waals surface area contributed by atoms with E-state index in [1.54, 1.807) is 18.2 Å². The second-order valence-electron chi connectivity index (χ2n) is 6.75. The Labute approximate surface area is 156 Å². The van der Waals surface area contributed by atoms with E-state index in [1.807, 2.05) is 36.0 Å². The minimum Gasteiger partial charge on any atom is -0.507 e. The van der Waals surface area contributed by atoms with Crippen LogP contribution in [0.15, 0.2) is 42.6 Å². The van der Waals surface area contributed by atoms with E-state index in [4.69, 9.17) is 0 Å². The van der Waals surface area contributed by atoms with Crippen LogP contribution in [0, 0.1) is 0 Å². The van der Waals surface area contributed by atoms with Gasteiger partial charge in [0, 0.05) is 43.2 Å². The Morgan fingerprint density at radius 3 is 2.93 bits per heavy atom. The summed E-state index contributed by atoms with van der Waals surface area (Å²) in [6.07, 6.45) is 3.07. The number of nitrogens with zero attached hydrogens (tertiary/aromatic N) is 2. The van der Waals surface area contributed by atoms with Crippen LogP contribution in [0.5, 0.6) is 5.75 Å². The minimum atomic E-state index is -0.301. The third-order valence-corrected chi connectivity index (χ3v) is 4.87. The molecular weight excluding hydrogens is 344 g/mol. The van der Waals surface area contributed by atoms with Crippen molar-refractivity contribution in [3.63, 3.8) is 0 Å². The number of phenols is 1. The van der Waals surface area contributed by atoms with Crippen molar-refractivity contribution < 1.29 is 14.7 Å². The van der Waals surface area contributed by atoms with Crippen LogP contribution >= 0.6 is 0 Å². The minimum absolute atomic E-state index is 0.0133. The molecule has 1 aromatic carbocycles. The number of benzene rings is 1. The van der Waals surface area contributed by atoms with Crippen LogP contribution < -0.4 is 10.6 Å². The number of hydrogen-bond donors (Lipinski definition) is 3. The Kier molecular flexibility index (Phi) is 4.27. The fourth-order valence-electron chi connectivity index (χ4n) is 3.40. The maximum Gasteiger partial charge on any atom is 0.270 e. The number of aryl methyl sites for hydroxylation is 1. The van der Waals surface area contributed by atoms with Crippen molar-refractivity contribution in [1.82, 2.24) is 20.2 Å². The summed E-state index contributed by atoms with van der Waals surface area (Å²) >= 11 is 0. The van der Waals surface area contributed by atoms with Crippen molar-refractivity contribution >= 4 is 22.7 Å². The molecule has 0 radical (unpaired) electrons. The molecule has 4 rings (SSSR count). The van der Waals surface area contributed by atoms with E-state index in [0.29, 0.717) is 36.3 Å². The fourth-order valence-corrected chi connectivity index (χ4v) is 3.40. The Morgan fingerprint density at radius 1 is 1.37 bits per heavy atom. The van der Waals surface area contributed by atoms with Crippen LogP contribution in [-0.4, -0.2) is 39.1 Å². The van der Waals surface area contributed by atoms with Crippen molar-refractivity contribution in [3.05, 3.63) is 48.3 Å². The number of aromatic hydroxyl groups is 1. The maximum absolute atomic E-state index is 12.8. The van der Waals surface area contributed by atoms with Crippen molar-refractivity contribution in [2.24, 2.45) is 7.05 Å². The molecule has 2 aromatic heterocycles. The highest BCUT2D eigenvalue weighted by atomic mass is 16.3. The zero-order chi connectivity index (χ0) is 19.0. The molecule has 3 aromatic rings. The van der Waals surface area contributed by atoms with Crippen LogP contribution in [0.3, 0.4) is 0 Å². The number of para-hydroxylation sites is 1. The average molecular weight is 364 g/mol. The molecule has 1 saturated heterocycles. The summed E-state index contributed by atoms with van der Waals surface area (Å²) in [5, 5.41) is 16.6. The molecule has 1 atom stereocenters. The van der Waals surface area contributed by atoms with Crippen molar-refractivity contribution in [2.45, 2.75) is 18.9 Å². The van der Waals surface area contributed by atoms with E-state index >= 15 is 0 Å². The predicted octanol–water partition coefficient (Wildman–Crippen LogP) is 1.95. The predicted molar refractivity (Wildman–Crippen MR) is 101 cm³/mol. The van der Waals surface area contributed by atoms with Gasteiger partial charge in [0.1, 0.15) is 11.4 Å². The number of carbonyl (C=O) groups excluding carboxylic acids is 2. The molecule has 3 heterocycles. The highest BCUT2D eigenvalue weighted by molar-refractivity contribution is 6.06. The van der Waals surface area contributed by atoms with Gasteiger partial charge in [-0.2, -0.15) is 0 Å². The van der Waals surface area contributed by atoms with Gasteiger partial charge in [-0.25, -0.2) is 4.98 Å². The number of rotatable bonds is 4. The normalized spacial score (nSPS) is 16.5. The summed E-state index contributed by atoms with van der Waals surface area (Å²) in [7, 11) is 1.90. The summed E-state index contributed by atoms with van der Waals surface area (Å²) in [5.74, 6) is -0.178. The van der Waals surface area contributed by atoms with Crippen LogP contribution in [0.1, 0.15) is 23.3 Å². The Hall–Kier alpha value is -3.35. The van der Waals surface area contributed by atoms with Gasteiger partial charge in [-0.3, -0.25) is 9.59 Å². The fraction of sp³-hybridized carbons (Fsp3) is 0.250. The number of amides is 2. The van der Waals surface area contributed by atoms with Crippen molar-refractivity contribution in [3.8, 4) is 17.0 Å². The highest BCUT2D eigenvalue weighted by Gasteiger charge is 2.23. The number of carbonyl (C=O) groups is 2. The van der Waals surface area contributed by atoms with Gasteiger partial charge in [0.2, 0.25) is 5.91 Å². The number of pyridine rings is 1. The summed E-state index contributed by atoms with van der Waals surface area (Å²) in [4.78, 5) is 28.7. The molecule has 1 unspecified atom stereocenters. The molecule has 0 bridgehead atoms. The second kappa shape index (κ2) is 6.75. The van der Waals surface area contributed by atoms with Gasteiger partial charge in [0.15, 0.2) is 0 Å². The monoisotopic (exact) mass is 364 g/mol. The molecule has 1 fully saturated rings. The van der Waals surface area contributed by atoms with Crippen molar-refractivity contribution in [2.75, 3.05) is 6.54 Å². The first-order chi connectivity index (χ1) is 13.0. The topological polar surface area (TPSA) is 96.3 Å².